The van der Waals surface area contributed by atoms with Crippen LogP contribution in [-0.4, -0.2) is 52.3 Å². The number of nitrogens with zero attached hydrogens (tertiary/aromatic N) is 2. The number of β-amino-alcohol motifs (C(OH)–C–C–N with tert-alkyl or cyclic N) is 1. The number of anilines is 1. The van der Waals surface area contributed by atoms with Gasteiger partial charge < -0.3 is 30.9 Å². The number of pyridine rings is 1. The van der Waals surface area contributed by atoms with Crippen molar-refractivity contribution in [1.29, 1.82) is 0 Å². The molecule has 1 aromatic heterocycles. The van der Waals surface area contributed by atoms with Crippen LogP contribution in [0.3, 0.4) is 0 Å². The van der Waals surface area contributed by atoms with Crippen molar-refractivity contribution in [3.63, 3.8) is 0 Å². The average molecular weight is 550 g/mol. The summed E-state index contributed by atoms with van der Waals surface area (Å²) in [6, 6.07) is 15.4. The van der Waals surface area contributed by atoms with E-state index in [0.29, 0.717) is 47.5 Å². The first-order valence-corrected chi connectivity index (χ1v) is 13.2. The van der Waals surface area contributed by atoms with Crippen molar-refractivity contribution in [2.75, 3.05) is 25.0 Å². The predicted molar refractivity (Wildman–Crippen MR) is 151 cm³/mol. The smallest absolute Gasteiger partial charge is 0.296 e. The first kappa shape index (κ1) is 28.8. The monoisotopic (exact) mass is 549 g/mol. The molecule has 0 spiro atoms. The third kappa shape index (κ3) is 8.39. The van der Waals surface area contributed by atoms with E-state index in [4.69, 9.17) is 15.2 Å². The Kier molecular flexibility index (Phi) is 9.18. The number of benzene rings is 2. The zero-order chi connectivity index (χ0) is 28.7. The number of nitro benzene ring substituents is 1. The Bertz CT molecular complexity index is 1310. The van der Waals surface area contributed by atoms with Crippen LogP contribution in [0.4, 0.5) is 11.4 Å². The molecule has 3 aromatic rings. The highest BCUT2D eigenvalue weighted by Crippen LogP contribution is 2.36. The molecular weight excluding hydrogens is 514 g/mol. The summed E-state index contributed by atoms with van der Waals surface area (Å²) in [4.78, 5) is 26.3. The molecule has 1 heterocycles. The number of primary amides is 1. The second-order valence-corrected chi connectivity index (χ2v) is 10.6. The number of hydrogen-bond acceptors (Lipinski definition) is 9. The number of nitrogens with one attached hydrogen (secondary N) is 2. The van der Waals surface area contributed by atoms with Gasteiger partial charge in [-0.1, -0.05) is 18.2 Å². The van der Waals surface area contributed by atoms with Gasteiger partial charge in [0.1, 0.15) is 24.2 Å². The second kappa shape index (κ2) is 12.8. The van der Waals surface area contributed by atoms with Gasteiger partial charge in [0.2, 0.25) is 11.8 Å². The number of aliphatic hydroxyl groups excluding tert-OH is 1. The predicted octanol–water partition coefficient (Wildman–Crippen LogP) is 4.05. The van der Waals surface area contributed by atoms with E-state index < -0.39 is 16.9 Å². The number of aliphatic hydroxyl groups is 1. The Morgan fingerprint density at radius 1 is 1.20 bits per heavy atom. The van der Waals surface area contributed by atoms with Crippen LogP contribution in [0.15, 0.2) is 60.8 Å². The summed E-state index contributed by atoms with van der Waals surface area (Å²) >= 11 is 0. The normalized spacial score (nSPS) is 13.9. The standard InChI is InChI=1S/C29H35N5O6/c1-29(2,14-19-8-11-23(12-9-19)40-26-13-10-21(16-31-26)28(30)36)33-17-22(35)18-39-25-5-3-4-24(34(37)38)27(25)32-15-20-6-7-20/h3-5,8-13,16,20,22,32-33,35H,6-7,14-15,17-18H2,1-2H3,(H2,30,36)/t22-/m0/s1. The zero-order valence-electron chi connectivity index (χ0n) is 22.6. The Hall–Kier alpha value is -4.22. The number of carbonyl (C=O) groups is 1. The highest BCUT2D eigenvalue weighted by atomic mass is 16.6. The van der Waals surface area contributed by atoms with Crippen LogP contribution in [0.1, 0.15) is 42.6 Å². The molecule has 0 radical (unpaired) electrons. The maximum atomic E-state index is 11.5. The summed E-state index contributed by atoms with van der Waals surface area (Å²) in [6.07, 6.45) is 3.47. The zero-order valence-corrected chi connectivity index (χ0v) is 22.6. The van der Waals surface area contributed by atoms with Crippen molar-refractivity contribution >= 4 is 17.3 Å². The molecule has 5 N–H and O–H groups in total. The SMILES string of the molecule is CC(C)(Cc1ccc(Oc2ccc(C(N)=O)cn2)cc1)NC[C@H](O)COc1cccc([N+](=O)[O-])c1NCC1CC1. The number of nitro groups is 1. The quantitative estimate of drug-likeness (QED) is 0.162. The number of para-hydroxylation sites is 1. The first-order chi connectivity index (χ1) is 19.1. The average Bonchev–Trinajstić information content (AvgIpc) is 3.75. The van der Waals surface area contributed by atoms with Crippen molar-refractivity contribution in [3.8, 4) is 17.4 Å². The number of aromatic nitrogens is 1. The van der Waals surface area contributed by atoms with E-state index in [2.05, 4.69) is 15.6 Å². The van der Waals surface area contributed by atoms with Gasteiger partial charge in [0.05, 0.1) is 10.5 Å². The van der Waals surface area contributed by atoms with E-state index in [-0.39, 0.29) is 24.4 Å². The molecule has 1 atom stereocenters. The maximum Gasteiger partial charge on any atom is 0.296 e. The van der Waals surface area contributed by atoms with Crippen molar-refractivity contribution < 1.29 is 24.3 Å². The van der Waals surface area contributed by atoms with Crippen LogP contribution >= 0.6 is 0 Å². The number of rotatable bonds is 15. The molecule has 1 aliphatic rings. The van der Waals surface area contributed by atoms with Crippen molar-refractivity contribution in [1.82, 2.24) is 10.3 Å². The lowest BCUT2D eigenvalue weighted by Crippen LogP contribution is -2.46. The summed E-state index contributed by atoms with van der Waals surface area (Å²) in [5.74, 6) is 1.30. The summed E-state index contributed by atoms with van der Waals surface area (Å²) in [7, 11) is 0. The fraction of sp³-hybridized carbons (Fsp3) is 0.379. The van der Waals surface area contributed by atoms with Gasteiger partial charge in [-0.3, -0.25) is 14.9 Å². The number of hydrogen-bond donors (Lipinski definition) is 4. The molecule has 0 unspecified atom stereocenters. The van der Waals surface area contributed by atoms with Gasteiger partial charge in [0.25, 0.3) is 5.69 Å². The number of ether oxygens (including phenoxy) is 2. The van der Waals surface area contributed by atoms with E-state index in [1.165, 1.54) is 12.3 Å². The molecule has 1 aliphatic carbocycles. The molecule has 0 bridgehead atoms. The van der Waals surface area contributed by atoms with Crippen LogP contribution in [0.2, 0.25) is 0 Å². The molecule has 0 saturated heterocycles. The van der Waals surface area contributed by atoms with Gasteiger partial charge >= 0.3 is 0 Å². The topological polar surface area (TPSA) is 162 Å². The number of amides is 1. The van der Waals surface area contributed by atoms with E-state index >= 15 is 0 Å². The number of nitrogens with two attached hydrogens (primary N) is 1. The van der Waals surface area contributed by atoms with Crippen LogP contribution in [0, 0.1) is 16.0 Å². The third-order valence-electron chi connectivity index (χ3n) is 6.53. The van der Waals surface area contributed by atoms with E-state index in [1.54, 1.807) is 24.3 Å². The third-order valence-corrected chi connectivity index (χ3v) is 6.53. The van der Waals surface area contributed by atoms with Gasteiger partial charge in [-0.05, 0) is 68.9 Å². The molecule has 40 heavy (non-hydrogen) atoms. The highest BCUT2D eigenvalue weighted by molar-refractivity contribution is 5.92. The minimum atomic E-state index is -0.820. The second-order valence-electron chi connectivity index (χ2n) is 10.6. The highest BCUT2D eigenvalue weighted by Gasteiger charge is 2.25. The Labute approximate surface area is 232 Å². The molecule has 0 aliphatic heterocycles. The molecule has 1 fully saturated rings. The van der Waals surface area contributed by atoms with Crippen LogP contribution in [0.5, 0.6) is 17.4 Å². The largest absolute Gasteiger partial charge is 0.488 e. The number of carbonyl (C=O) groups excluding carboxylic acids is 1. The lowest BCUT2D eigenvalue weighted by molar-refractivity contribution is -0.384. The van der Waals surface area contributed by atoms with Gasteiger partial charge in [-0.25, -0.2) is 4.98 Å². The fourth-order valence-corrected chi connectivity index (χ4v) is 4.13. The summed E-state index contributed by atoms with van der Waals surface area (Å²) in [5.41, 5.74) is 6.58. The summed E-state index contributed by atoms with van der Waals surface area (Å²) in [6.45, 7) is 5.00. The lowest BCUT2D eigenvalue weighted by atomic mass is 9.94. The Balaban J connectivity index is 1.26. The maximum absolute atomic E-state index is 11.5. The Morgan fingerprint density at radius 2 is 1.95 bits per heavy atom. The Morgan fingerprint density at radius 3 is 2.58 bits per heavy atom. The minimum absolute atomic E-state index is 0.0111. The van der Waals surface area contributed by atoms with E-state index in [1.807, 2.05) is 38.1 Å². The van der Waals surface area contributed by atoms with Gasteiger partial charge in [0, 0.05) is 37.0 Å². The van der Waals surface area contributed by atoms with Crippen molar-refractivity contribution in [2.45, 2.75) is 44.8 Å². The van der Waals surface area contributed by atoms with Gasteiger partial charge in [-0.15, -0.1) is 0 Å². The first-order valence-electron chi connectivity index (χ1n) is 13.2. The minimum Gasteiger partial charge on any atom is -0.488 e. The van der Waals surface area contributed by atoms with Gasteiger partial charge in [0.15, 0.2) is 5.69 Å². The molecule has 11 heteroatoms. The van der Waals surface area contributed by atoms with Crippen molar-refractivity contribution in [3.05, 3.63) is 82.0 Å². The molecule has 1 saturated carbocycles. The molecule has 11 nitrogen and oxygen atoms in total. The van der Waals surface area contributed by atoms with E-state index in [0.717, 1.165) is 18.4 Å². The fourth-order valence-electron chi connectivity index (χ4n) is 4.13. The van der Waals surface area contributed by atoms with Gasteiger partial charge in [-0.2, -0.15) is 0 Å². The van der Waals surface area contributed by atoms with Crippen LogP contribution < -0.4 is 25.8 Å². The molecule has 1 amide bonds. The molecule has 2 aromatic carbocycles. The summed E-state index contributed by atoms with van der Waals surface area (Å²) < 4.78 is 11.5. The van der Waals surface area contributed by atoms with Crippen LogP contribution in [-0.2, 0) is 6.42 Å². The summed E-state index contributed by atoms with van der Waals surface area (Å²) in [5, 5.41) is 28.6. The van der Waals surface area contributed by atoms with E-state index in [9.17, 15) is 20.0 Å². The van der Waals surface area contributed by atoms with Crippen LogP contribution in [0.25, 0.3) is 0 Å². The molecule has 4 rings (SSSR count). The lowest BCUT2D eigenvalue weighted by Gasteiger charge is -2.28. The molecular formula is C29H35N5O6. The molecule has 212 valence electrons. The van der Waals surface area contributed by atoms with Crippen molar-refractivity contribution in [2.24, 2.45) is 11.7 Å².